The molecule has 2 heterocycles. The quantitative estimate of drug-likeness (QED) is 0.808. The molecule has 0 radical (unpaired) electrons. The predicted molar refractivity (Wildman–Crippen MR) is 70.8 cm³/mol. The van der Waals surface area contributed by atoms with Crippen LogP contribution in [-0.2, 0) is 0 Å². The summed E-state index contributed by atoms with van der Waals surface area (Å²) in [7, 11) is 0. The van der Waals surface area contributed by atoms with Gasteiger partial charge in [0.25, 0.3) is 5.56 Å². The fourth-order valence-corrected chi connectivity index (χ4v) is 1.58. The highest BCUT2D eigenvalue weighted by Gasteiger charge is 2.11. The Bertz CT molecular complexity index is 603. The maximum atomic E-state index is 11.5. The van der Waals surface area contributed by atoms with E-state index in [0.717, 1.165) is 0 Å². The molecule has 0 saturated carbocycles. The highest BCUT2D eigenvalue weighted by molar-refractivity contribution is 14.1. The van der Waals surface area contributed by atoms with Crippen molar-refractivity contribution in [2.75, 3.05) is 0 Å². The lowest BCUT2D eigenvalue weighted by molar-refractivity contribution is 0.447. The van der Waals surface area contributed by atoms with E-state index in [2.05, 4.69) is 15.1 Å². The van der Waals surface area contributed by atoms with Gasteiger partial charge in [-0.1, -0.05) is 0 Å². The van der Waals surface area contributed by atoms with Crippen LogP contribution in [0.15, 0.2) is 17.2 Å². The third-order valence-corrected chi connectivity index (χ3v) is 3.22. The van der Waals surface area contributed by atoms with Crippen LogP contribution >= 0.6 is 22.6 Å². The van der Waals surface area contributed by atoms with E-state index in [9.17, 15) is 9.90 Å². The predicted octanol–water partition coefficient (Wildman–Crippen LogP) is 1.52. The number of H-pyrrole nitrogens is 1. The lowest BCUT2D eigenvalue weighted by atomic mass is 10.3. The first-order chi connectivity index (χ1) is 7.99. The van der Waals surface area contributed by atoms with E-state index in [1.165, 1.54) is 0 Å². The number of aromatic nitrogens is 4. The zero-order valence-electron chi connectivity index (χ0n) is 9.31. The number of rotatable bonds is 2. The van der Waals surface area contributed by atoms with Gasteiger partial charge in [0, 0.05) is 12.2 Å². The van der Waals surface area contributed by atoms with Crippen molar-refractivity contribution in [1.29, 1.82) is 0 Å². The Morgan fingerprint density at radius 1 is 1.53 bits per heavy atom. The molecule has 17 heavy (non-hydrogen) atoms. The second kappa shape index (κ2) is 4.47. The van der Waals surface area contributed by atoms with Gasteiger partial charge in [-0.05, 0) is 36.4 Å². The van der Waals surface area contributed by atoms with Gasteiger partial charge in [-0.25, -0.2) is 0 Å². The Morgan fingerprint density at radius 3 is 2.76 bits per heavy atom. The molecular weight excluding hydrogens is 335 g/mol. The molecule has 2 N–H and O–H groups in total. The molecular formula is C10H11IN4O2. The van der Waals surface area contributed by atoms with Crippen molar-refractivity contribution < 1.29 is 5.11 Å². The summed E-state index contributed by atoms with van der Waals surface area (Å²) in [5, 5.41) is 13.6. The third kappa shape index (κ3) is 2.33. The number of nitrogens with zero attached hydrogens (tertiary/aromatic N) is 3. The molecule has 0 fully saturated rings. The molecule has 7 heteroatoms. The van der Waals surface area contributed by atoms with Crippen molar-refractivity contribution >= 4 is 22.6 Å². The number of aromatic amines is 1. The van der Waals surface area contributed by atoms with Crippen molar-refractivity contribution in [2.24, 2.45) is 0 Å². The maximum absolute atomic E-state index is 11.5. The van der Waals surface area contributed by atoms with Gasteiger partial charge >= 0.3 is 0 Å². The van der Waals surface area contributed by atoms with Gasteiger partial charge in [0.05, 0.1) is 11.8 Å². The summed E-state index contributed by atoms with van der Waals surface area (Å²) in [5.41, 5.74) is 0.313. The fraction of sp³-hybridized carbons (Fsp3) is 0.300. The topological polar surface area (TPSA) is 83.8 Å². The van der Waals surface area contributed by atoms with Crippen molar-refractivity contribution in [2.45, 2.75) is 19.9 Å². The fourth-order valence-electron chi connectivity index (χ4n) is 1.33. The minimum atomic E-state index is -0.356. The minimum absolute atomic E-state index is 0.183. The van der Waals surface area contributed by atoms with Crippen LogP contribution in [-0.4, -0.2) is 24.9 Å². The lowest BCUT2D eigenvalue weighted by Crippen LogP contribution is -2.12. The average Bonchev–Trinajstić information content (AvgIpc) is 2.74. The highest BCUT2D eigenvalue weighted by atomic mass is 127. The van der Waals surface area contributed by atoms with Crippen LogP contribution in [0.4, 0.5) is 0 Å². The van der Waals surface area contributed by atoms with Crippen LogP contribution in [0.25, 0.3) is 11.4 Å². The van der Waals surface area contributed by atoms with Gasteiger partial charge in [0.1, 0.15) is 9.39 Å². The molecule has 0 amide bonds. The van der Waals surface area contributed by atoms with Crippen LogP contribution in [0.3, 0.4) is 0 Å². The summed E-state index contributed by atoms with van der Waals surface area (Å²) in [6.07, 6.45) is 3.37. The van der Waals surface area contributed by atoms with E-state index >= 15 is 0 Å². The molecule has 6 nitrogen and oxygen atoms in total. The zero-order valence-corrected chi connectivity index (χ0v) is 11.5. The Morgan fingerprint density at radius 2 is 2.24 bits per heavy atom. The van der Waals surface area contributed by atoms with Crippen molar-refractivity contribution in [3.63, 3.8) is 0 Å². The van der Waals surface area contributed by atoms with Crippen LogP contribution in [0, 0.1) is 3.57 Å². The number of aromatic hydroxyl groups is 1. The van der Waals surface area contributed by atoms with E-state index in [4.69, 9.17) is 0 Å². The van der Waals surface area contributed by atoms with Gasteiger partial charge < -0.3 is 10.1 Å². The molecule has 0 aliphatic carbocycles. The molecule has 2 aromatic heterocycles. The van der Waals surface area contributed by atoms with Gasteiger partial charge in [-0.3, -0.25) is 9.48 Å². The molecule has 90 valence electrons. The van der Waals surface area contributed by atoms with E-state index < -0.39 is 0 Å². The molecule has 0 bridgehead atoms. The van der Waals surface area contributed by atoms with Gasteiger partial charge in [-0.15, -0.1) is 0 Å². The van der Waals surface area contributed by atoms with E-state index in [1.807, 2.05) is 13.8 Å². The SMILES string of the molecule is CC(C)n1cc(-c2nc(O)c(I)c(=O)[nH]2)cn1. The summed E-state index contributed by atoms with van der Waals surface area (Å²) in [6, 6.07) is 0.230. The van der Waals surface area contributed by atoms with Crippen LogP contribution in [0.2, 0.25) is 0 Å². The second-order valence-corrected chi connectivity index (χ2v) is 4.93. The van der Waals surface area contributed by atoms with Crippen LogP contribution in [0.1, 0.15) is 19.9 Å². The normalized spacial score (nSPS) is 11.1. The molecule has 0 unspecified atom stereocenters. The van der Waals surface area contributed by atoms with E-state index in [0.29, 0.717) is 11.4 Å². The van der Waals surface area contributed by atoms with Crippen molar-refractivity contribution in [3.05, 3.63) is 26.3 Å². The molecule has 0 spiro atoms. The first-order valence-corrected chi connectivity index (χ1v) is 6.10. The molecule has 2 rings (SSSR count). The van der Waals surface area contributed by atoms with Crippen molar-refractivity contribution in [1.82, 2.24) is 19.7 Å². The number of halogens is 1. The third-order valence-electron chi connectivity index (χ3n) is 2.25. The first kappa shape index (κ1) is 12.1. The molecule has 0 aromatic carbocycles. The lowest BCUT2D eigenvalue weighted by Gasteiger charge is -2.03. The number of hydrogen-bond donors (Lipinski definition) is 2. The Labute approximate surface area is 111 Å². The largest absolute Gasteiger partial charge is 0.492 e. The minimum Gasteiger partial charge on any atom is -0.492 e. The molecule has 0 aliphatic heterocycles. The monoisotopic (exact) mass is 346 g/mol. The highest BCUT2D eigenvalue weighted by Crippen LogP contribution is 2.18. The molecule has 2 aromatic rings. The Balaban J connectivity index is 2.49. The Hall–Kier alpha value is -1.38. The summed E-state index contributed by atoms with van der Waals surface area (Å²) in [5.74, 6) is 0.0569. The molecule has 0 aliphatic rings. The van der Waals surface area contributed by atoms with Crippen LogP contribution in [0.5, 0.6) is 5.88 Å². The van der Waals surface area contributed by atoms with Gasteiger partial charge in [-0.2, -0.15) is 10.1 Å². The number of nitrogens with one attached hydrogen (secondary N) is 1. The smallest absolute Gasteiger partial charge is 0.268 e. The van der Waals surface area contributed by atoms with Crippen molar-refractivity contribution in [3.8, 4) is 17.3 Å². The maximum Gasteiger partial charge on any atom is 0.268 e. The second-order valence-electron chi connectivity index (χ2n) is 3.85. The summed E-state index contributed by atoms with van der Waals surface area (Å²) >= 11 is 1.74. The molecule has 0 saturated heterocycles. The number of hydrogen-bond acceptors (Lipinski definition) is 4. The average molecular weight is 346 g/mol. The zero-order chi connectivity index (χ0) is 12.6. The summed E-state index contributed by atoms with van der Waals surface area (Å²) in [6.45, 7) is 4.00. The standard InChI is InChI=1S/C10H11IN4O2/c1-5(2)15-4-6(3-12-15)8-13-9(16)7(11)10(17)14-8/h3-5H,1-2H3,(H2,13,14,16,17). The van der Waals surface area contributed by atoms with Gasteiger partial charge in [0.15, 0.2) is 0 Å². The summed E-state index contributed by atoms with van der Waals surface area (Å²) in [4.78, 5) is 18.0. The molecule has 0 atom stereocenters. The van der Waals surface area contributed by atoms with Gasteiger partial charge in [0.2, 0.25) is 5.88 Å². The van der Waals surface area contributed by atoms with E-state index in [1.54, 1.807) is 39.7 Å². The Kier molecular flexibility index (Phi) is 3.18. The van der Waals surface area contributed by atoms with E-state index in [-0.39, 0.29) is 21.1 Å². The first-order valence-electron chi connectivity index (χ1n) is 5.02. The van der Waals surface area contributed by atoms with Crippen LogP contribution < -0.4 is 5.56 Å². The summed E-state index contributed by atoms with van der Waals surface area (Å²) < 4.78 is 1.94.